The Balaban J connectivity index is 1.06. The highest BCUT2D eigenvalue weighted by Gasteiger charge is 2.36. The first kappa shape index (κ1) is 80.3. The minimum atomic E-state index is -1.49. The number of hydrogen-bond acceptors (Lipinski definition) is 15. The fraction of sp³-hybridized carbons (Fsp3) is 0.419. The van der Waals surface area contributed by atoms with Crippen molar-refractivity contribution in [2.45, 2.75) is 164 Å². The summed E-state index contributed by atoms with van der Waals surface area (Å²) in [6.45, 7) is 0.953. The van der Waals surface area contributed by atoms with Gasteiger partial charge in [-0.25, -0.2) is 4.79 Å². The van der Waals surface area contributed by atoms with Gasteiger partial charge in [0.1, 0.15) is 48.3 Å². The van der Waals surface area contributed by atoms with Gasteiger partial charge in [-0.3, -0.25) is 49.2 Å². The first-order valence-electron chi connectivity index (χ1n) is 36.0. The Kier molecular flexibility index (Phi) is 30.8. The Labute approximate surface area is 613 Å². The maximum Gasteiger partial charge on any atom is 0.326 e. The number of aromatic amines is 4. The molecule has 0 unspecified atom stereocenters. The number of benzene rings is 4. The molecule has 4 heterocycles. The van der Waals surface area contributed by atoms with Crippen LogP contribution in [0.1, 0.15) is 106 Å². The molecule has 0 saturated carbocycles. The van der Waals surface area contributed by atoms with Crippen LogP contribution in [0, 0.1) is 10.8 Å². The molecule has 0 aliphatic carbocycles. The zero-order chi connectivity index (χ0) is 76.1. The Morgan fingerprint density at radius 1 is 0.340 bits per heavy atom. The molecule has 0 aliphatic rings. The maximum atomic E-state index is 15.5. The number of fused-ring (bicyclic) bond motifs is 4. The van der Waals surface area contributed by atoms with Gasteiger partial charge in [-0.1, -0.05) is 72.8 Å². The third kappa shape index (κ3) is 23.6. The second kappa shape index (κ2) is 40.6. The van der Waals surface area contributed by atoms with Crippen LogP contribution >= 0.6 is 0 Å². The number of amides is 8. The van der Waals surface area contributed by atoms with E-state index in [2.05, 4.69) is 73.1 Å². The number of aromatic nitrogens is 4. The van der Waals surface area contributed by atoms with Gasteiger partial charge in [-0.2, -0.15) is 0 Å². The van der Waals surface area contributed by atoms with Crippen molar-refractivity contribution in [3.05, 3.63) is 144 Å². The number of carbonyl (C=O) groups is 9. The van der Waals surface area contributed by atoms with E-state index in [0.717, 1.165) is 38.3 Å². The molecule has 4 aromatic heterocycles. The van der Waals surface area contributed by atoms with Crippen LogP contribution in [0.25, 0.3) is 43.6 Å². The predicted octanol–water partition coefficient (Wildman–Crippen LogP) is 1.09. The number of unbranched alkanes of at least 4 members (excludes halogenated alkanes) is 3. The van der Waals surface area contributed by atoms with Crippen LogP contribution in [-0.4, -0.2) is 177 Å². The molecule has 8 amide bonds. The minimum absolute atomic E-state index is 0.0319. The molecule has 29 N–H and O–H groups in total. The number of para-hydroxylation sites is 4. The second-order valence-electron chi connectivity index (χ2n) is 26.5. The van der Waals surface area contributed by atoms with E-state index in [1.807, 2.05) is 84.9 Å². The van der Waals surface area contributed by atoms with Crippen LogP contribution in [0.5, 0.6) is 0 Å². The van der Waals surface area contributed by atoms with Crippen LogP contribution in [-0.2, 0) is 68.8 Å². The number of aliphatic carboxylic acids is 1. The summed E-state index contributed by atoms with van der Waals surface area (Å²) in [7, 11) is 0. The van der Waals surface area contributed by atoms with Gasteiger partial charge in [-0.15, -0.1) is 0 Å². The molecule has 0 fully saturated rings. The molecule has 9 atom stereocenters. The van der Waals surface area contributed by atoms with Gasteiger partial charge in [-0.05, 0) is 156 Å². The number of guanidine groups is 2. The molecule has 106 heavy (non-hydrogen) atoms. The summed E-state index contributed by atoms with van der Waals surface area (Å²) < 4.78 is 0. The van der Waals surface area contributed by atoms with Crippen LogP contribution in [0.3, 0.4) is 0 Å². The molecule has 0 bridgehead atoms. The van der Waals surface area contributed by atoms with Crippen LogP contribution in [0.4, 0.5) is 0 Å². The third-order valence-electron chi connectivity index (χ3n) is 18.6. The number of rotatable bonds is 45. The van der Waals surface area contributed by atoms with Crippen molar-refractivity contribution in [1.29, 1.82) is 10.8 Å². The van der Waals surface area contributed by atoms with Crippen LogP contribution in [0.2, 0.25) is 0 Å². The first-order chi connectivity index (χ1) is 51.1. The highest BCUT2D eigenvalue weighted by Crippen LogP contribution is 2.24. The second-order valence-corrected chi connectivity index (χ2v) is 26.5. The summed E-state index contributed by atoms with van der Waals surface area (Å²) in [6.07, 6.45) is 9.27. The molecular formula is C74H102N22O10. The average molecular weight is 1460 g/mol. The van der Waals surface area contributed by atoms with Crippen molar-refractivity contribution in [2.75, 3.05) is 32.7 Å². The van der Waals surface area contributed by atoms with Gasteiger partial charge in [0.25, 0.3) is 0 Å². The molecule has 0 saturated heterocycles. The zero-order valence-electron chi connectivity index (χ0n) is 59.4. The van der Waals surface area contributed by atoms with E-state index in [9.17, 15) is 29.1 Å². The lowest BCUT2D eigenvalue weighted by atomic mass is 10.00. The first-order valence-corrected chi connectivity index (χ1v) is 36.0. The number of H-pyrrole nitrogens is 4. The summed E-state index contributed by atoms with van der Waals surface area (Å²) in [5.74, 6) is -8.35. The van der Waals surface area contributed by atoms with E-state index >= 15 is 19.2 Å². The van der Waals surface area contributed by atoms with Gasteiger partial charge in [0, 0.05) is 101 Å². The summed E-state index contributed by atoms with van der Waals surface area (Å²) in [4.78, 5) is 144. The van der Waals surface area contributed by atoms with Crippen LogP contribution in [0.15, 0.2) is 122 Å². The maximum absolute atomic E-state index is 15.5. The fourth-order valence-corrected chi connectivity index (χ4v) is 12.9. The summed E-state index contributed by atoms with van der Waals surface area (Å²) in [5.41, 5.74) is 41.2. The molecule has 0 aliphatic heterocycles. The lowest BCUT2D eigenvalue weighted by Gasteiger charge is -2.28. The van der Waals surface area contributed by atoms with Crippen molar-refractivity contribution in [3.8, 4) is 0 Å². The number of nitrogens with two attached hydrogens (primary N) is 6. The van der Waals surface area contributed by atoms with E-state index < -0.39 is 108 Å². The van der Waals surface area contributed by atoms with Gasteiger partial charge >= 0.3 is 5.97 Å². The number of carboxylic acids is 1. The van der Waals surface area contributed by atoms with Gasteiger partial charge < -0.3 is 113 Å². The normalized spacial score (nSPS) is 13.9. The van der Waals surface area contributed by atoms with Gasteiger partial charge in [0.15, 0.2) is 11.9 Å². The smallest absolute Gasteiger partial charge is 0.326 e. The van der Waals surface area contributed by atoms with Crippen molar-refractivity contribution in [2.24, 2.45) is 34.4 Å². The average Bonchev–Trinajstić information content (AvgIpc) is 1.69. The van der Waals surface area contributed by atoms with E-state index in [0.29, 0.717) is 66.2 Å². The van der Waals surface area contributed by atoms with Gasteiger partial charge in [0.05, 0.1) is 6.04 Å². The van der Waals surface area contributed by atoms with Crippen molar-refractivity contribution in [3.63, 3.8) is 0 Å². The number of carboxylic acid groups (broad SMARTS) is 1. The molecule has 4 aromatic carbocycles. The minimum Gasteiger partial charge on any atom is -0.480 e. The number of carbonyl (C=O) groups excluding carboxylic acids is 8. The monoisotopic (exact) mass is 1460 g/mol. The molecule has 8 rings (SSSR count). The Bertz CT molecular complexity index is 4300. The largest absolute Gasteiger partial charge is 0.480 e. The van der Waals surface area contributed by atoms with E-state index in [-0.39, 0.29) is 115 Å². The molecule has 568 valence electrons. The van der Waals surface area contributed by atoms with E-state index in [1.165, 1.54) is 0 Å². The van der Waals surface area contributed by atoms with Gasteiger partial charge in [0.2, 0.25) is 47.3 Å². The molecule has 0 spiro atoms. The standard InChI is InChI=1S/C74H102N22O10/c75-30-12-9-25-56(89-64(97)51(78)35-43-39-85-52-21-5-1-17-47(43)52)65(98)90-58(27-11-14-32-77)68(101)94-62(37-45-41-87-54-23-7-3-19-49(45)54)71(104)95-61(36-44-40-86-53-22-6-2-18-48(44)53)70(103)93-57(26-10-13-31-76)66(99)91-59(28-15-33-83-73(79)80)67(100)92-60(29-16-34-84-74(81)82)69(102)96-63(72(105)106)38-46-42-88-55-24-8-4-20-50(46)55/h1-8,17-24,39-42,51,56-63,85-88H,9-16,25-38,75-78H2,(H,89,97)(H,90,98)(H,91,99)(H,92,100)(H,93,103)(H,94,101)(H,95,104)(H,96,102)(H,105,106)(H4,79,80,83)(H4,81,82,84)/t51-,56-,57-,58-,59-,60-,61-,62-,63-/m0/s1. The molecular weight excluding hydrogens is 1360 g/mol. The quantitative estimate of drug-likeness (QED) is 0.0144. The highest BCUT2D eigenvalue weighted by atomic mass is 16.4. The summed E-state index contributed by atoms with van der Waals surface area (Å²) in [5, 5.41) is 56.7. The molecule has 32 heteroatoms. The van der Waals surface area contributed by atoms with Crippen molar-refractivity contribution in [1.82, 2.24) is 73.1 Å². The molecule has 32 nitrogen and oxygen atoms in total. The number of nitrogens with one attached hydrogen (secondary N) is 16. The topological polar surface area (TPSA) is 561 Å². The lowest BCUT2D eigenvalue weighted by molar-refractivity contribution is -0.142. The summed E-state index contributed by atoms with van der Waals surface area (Å²) in [6, 6.07) is 17.3. The zero-order valence-corrected chi connectivity index (χ0v) is 59.4. The summed E-state index contributed by atoms with van der Waals surface area (Å²) >= 11 is 0. The third-order valence-corrected chi connectivity index (χ3v) is 18.6. The van der Waals surface area contributed by atoms with E-state index in [4.69, 9.17) is 45.2 Å². The highest BCUT2D eigenvalue weighted by molar-refractivity contribution is 5.99. The van der Waals surface area contributed by atoms with Crippen molar-refractivity contribution < 1.29 is 48.3 Å². The number of hydrogen-bond donors (Lipinski definition) is 23. The molecule has 8 aromatic rings. The SMILES string of the molecule is N=C(N)NCCC[C@H](NC(=O)[C@H](CCCNC(=N)N)NC(=O)[C@H](CCCCN)NC(=O)[C@H](Cc1c[nH]c2ccccc12)NC(=O)[C@H](Cc1c[nH]c2ccccc12)NC(=O)[C@H](CCCCN)NC(=O)[C@H](CCCCN)NC(=O)[C@@H](N)Cc1c[nH]c2ccccc12)C(=O)N[C@@H](Cc1c[nH]c2ccccc12)C(=O)O. The Morgan fingerprint density at radius 3 is 0.877 bits per heavy atom. The van der Waals surface area contributed by atoms with Crippen LogP contribution < -0.4 is 87.6 Å². The fourth-order valence-electron chi connectivity index (χ4n) is 12.9. The lowest BCUT2D eigenvalue weighted by Crippen LogP contribution is -2.61. The van der Waals surface area contributed by atoms with Crippen molar-refractivity contribution >= 4 is 109 Å². The van der Waals surface area contributed by atoms with E-state index in [1.54, 1.807) is 36.9 Å². The predicted molar refractivity (Wildman–Crippen MR) is 406 cm³/mol. The molecule has 0 radical (unpaired) electrons. The Morgan fingerprint density at radius 2 is 0.585 bits per heavy atom. The Hall–Kier alpha value is -11.4.